The monoisotopic (exact) mass is 195 g/mol. The first kappa shape index (κ1) is 9.46. The molecule has 1 aliphatic rings. The van der Waals surface area contributed by atoms with Gasteiger partial charge < -0.3 is 10.8 Å². The number of aromatic hydroxyl groups is 1. The van der Waals surface area contributed by atoms with Crippen LogP contribution in [-0.4, -0.2) is 5.11 Å². The SMILES string of the molecule is NC(c1cccc(F)c1O)C1CCC1. The Morgan fingerprint density at radius 2 is 2.14 bits per heavy atom. The minimum absolute atomic E-state index is 0.223. The summed E-state index contributed by atoms with van der Waals surface area (Å²) < 4.78 is 13.0. The Balaban J connectivity index is 2.26. The van der Waals surface area contributed by atoms with Gasteiger partial charge in [-0.2, -0.15) is 0 Å². The first-order valence-corrected chi connectivity index (χ1v) is 4.93. The van der Waals surface area contributed by atoms with Gasteiger partial charge in [0.05, 0.1) is 0 Å². The van der Waals surface area contributed by atoms with Gasteiger partial charge in [-0.05, 0) is 24.8 Å². The molecule has 1 aliphatic carbocycles. The van der Waals surface area contributed by atoms with E-state index < -0.39 is 5.82 Å². The van der Waals surface area contributed by atoms with Gasteiger partial charge in [0.25, 0.3) is 0 Å². The summed E-state index contributed by atoms with van der Waals surface area (Å²) in [5, 5.41) is 9.48. The third-order valence-electron chi connectivity index (χ3n) is 3.03. The Labute approximate surface area is 82.5 Å². The van der Waals surface area contributed by atoms with Crippen LogP contribution in [0.5, 0.6) is 5.75 Å². The van der Waals surface area contributed by atoms with Crippen molar-refractivity contribution in [2.24, 2.45) is 11.7 Å². The minimum Gasteiger partial charge on any atom is -0.505 e. The number of halogens is 1. The average Bonchev–Trinajstić information content (AvgIpc) is 2.06. The van der Waals surface area contributed by atoms with E-state index in [2.05, 4.69) is 0 Å². The number of phenolic OH excluding ortho intramolecular Hbond substituents is 1. The Bertz CT molecular complexity index is 336. The molecular formula is C11H14FNO. The fraction of sp³-hybridized carbons (Fsp3) is 0.455. The van der Waals surface area contributed by atoms with Crippen LogP contribution < -0.4 is 5.73 Å². The molecule has 1 aromatic carbocycles. The summed E-state index contributed by atoms with van der Waals surface area (Å²) in [6.07, 6.45) is 3.35. The van der Waals surface area contributed by atoms with Crippen LogP contribution in [0.3, 0.4) is 0 Å². The van der Waals surface area contributed by atoms with E-state index in [4.69, 9.17) is 5.73 Å². The van der Waals surface area contributed by atoms with E-state index in [1.807, 2.05) is 0 Å². The summed E-state index contributed by atoms with van der Waals surface area (Å²) in [7, 11) is 0. The Kier molecular flexibility index (Phi) is 2.42. The van der Waals surface area contributed by atoms with Crippen molar-refractivity contribution < 1.29 is 9.50 Å². The molecule has 0 amide bonds. The first-order chi connectivity index (χ1) is 6.70. The Morgan fingerprint density at radius 1 is 1.43 bits per heavy atom. The molecule has 0 bridgehead atoms. The van der Waals surface area contributed by atoms with Crippen LogP contribution in [0, 0.1) is 11.7 Å². The maximum Gasteiger partial charge on any atom is 0.165 e. The molecule has 1 atom stereocenters. The van der Waals surface area contributed by atoms with E-state index in [1.165, 1.54) is 12.5 Å². The number of phenols is 1. The summed E-state index contributed by atoms with van der Waals surface area (Å²) in [6, 6.07) is 4.30. The van der Waals surface area contributed by atoms with Gasteiger partial charge in [0, 0.05) is 11.6 Å². The zero-order valence-corrected chi connectivity index (χ0v) is 7.91. The van der Waals surface area contributed by atoms with Gasteiger partial charge in [0.2, 0.25) is 0 Å². The summed E-state index contributed by atoms with van der Waals surface area (Å²) >= 11 is 0. The number of benzene rings is 1. The zero-order chi connectivity index (χ0) is 10.1. The molecule has 1 aromatic rings. The average molecular weight is 195 g/mol. The fourth-order valence-corrected chi connectivity index (χ4v) is 1.85. The highest BCUT2D eigenvalue weighted by molar-refractivity contribution is 5.36. The van der Waals surface area contributed by atoms with Crippen molar-refractivity contribution in [1.82, 2.24) is 0 Å². The third-order valence-corrected chi connectivity index (χ3v) is 3.03. The van der Waals surface area contributed by atoms with E-state index in [9.17, 15) is 9.50 Å². The second kappa shape index (κ2) is 3.58. The Hall–Kier alpha value is -1.09. The van der Waals surface area contributed by atoms with Gasteiger partial charge in [0.15, 0.2) is 11.6 Å². The minimum atomic E-state index is -0.586. The molecule has 0 spiro atoms. The van der Waals surface area contributed by atoms with Crippen LogP contribution in [0.4, 0.5) is 4.39 Å². The van der Waals surface area contributed by atoms with Crippen molar-refractivity contribution >= 4 is 0 Å². The molecule has 2 rings (SSSR count). The summed E-state index contributed by atoms with van der Waals surface area (Å²) in [5.74, 6) is -0.466. The second-order valence-electron chi connectivity index (χ2n) is 3.89. The molecule has 0 heterocycles. The summed E-state index contributed by atoms with van der Waals surface area (Å²) in [5.41, 5.74) is 6.48. The lowest BCUT2D eigenvalue weighted by Gasteiger charge is -2.31. The highest BCUT2D eigenvalue weighted by atomic mass is 19.1. The molecule has 1 saturated carbocycles. The standard InChI is InChI=1S/C11H14FNO/c12-9-6-2-5-8(11(9)14)10(13)7-3-1-4-7/h2,5-7,10,14H,1,3-4,13H2. The van der Waals surface area contributed by atoms with Crippen LogP contribution >= 0.6 is 0 Å². The second-order valence-corrected chi connectivity index (χ2v) is 3.89. The quantitative estimate of drug-likeness (QED) is 0.760. The van der Waals surface area contributed by atoms with Gasteiger partial charge in [-0.1, -0.05) is 18.6 Å². The number of rotatable bonds is 2. The smallest absolute Gasteiger partial charge is 0.165 e. The summed E-state index contributed by atoms with van der Waals surface area (Å²) in [6.45, 7) is 0. The molecular weight excluding hydrogens is 181 g/mol. The normalized spacial score (nSPS) is 19.0. The van der Waals surface area contributed by atoms with Crippen LogP contribution in [-0.2, 0) is 0 Å². The van der Waals surface area contributed by atoms with Crippen molar-refractivity contribution in [3.8, 4) is 5.75 Å². The summed E-state index contributed by atoms with van der Waals surface area (Å²) in [4.78, 5) is 0. The molecule has 14 heavy (non-hydrogen) atoms. The molecule has 3 heteroatoms. The molecule has 1 fully saturated rings. The topological polar surface area (TPSA) is 46.2 Å². The number of nitrogens with two attached hydrogens (primary N) is 1. The molecule has 3 N–H and O–H groups in total. The van der Waals surface area contributed by atoms with Gasteiger partial charge in [0.1, 0.15) is 0 Å². The molecule has 76 valence electrons. The van der Waals surface area contributed by atoms with Crippen LogP contribution in [0.2, 0.25) is 0 Å². The predicted molar refractivity (Wildman–Crippen MR) is 52.3 cm³/mol. The van der Waals surface area contributed by atoms with E-state index >= 15 is 0 Å². The lowest BCUT2D eigenvalue weighted by Crippen LogP contribution is -2.26. The van der Waals surface area contributed by atoms with Gasteiger partial charge in [-0.25, -0.2) is 4.39 Å². The molecule has 0 aromatic heterocycles. The lowest BCUT2D eigenvalue weighted by atomic mass is 9.77. The molecule has 0 aliphatic heterocycles. The molecule has 2 nitrogen and oxygen atoms in total. The molecule has 1 unspecified atom stereocenters. The number of hydrogen-bond donors (Lipinski definition) is 2. The van der Waals surface area contributed by atoms with E-state index in [-0.39, 0.29) is 11.8 Å². The lowest BCUT2D eigenvalue weighted by molar-refractivity contribution is 0.259. The van der Waals surface area contributed by atoms with Gasteiger partial charge in [-0.15, -0.1) is 0 Å². The highest BCUT2D eigenvalue weighted by Gasteiger charge is 2.27. The van der Waals surface area contributed by atoms with Crippen molar-refractivity contribution in [1.29, 1.82) is 0 Å². The van der Waals surface area contributed by atoms with Crippen LogP contribution in [0.15, 0.2) is 18.2 Å². The zero-order valence-electron chi connectivity index (χ0n) is 7.91. The van der Waals surface area contributed by atoms with E-state index in [0.717, 1.165) is 12.8 Å². The van der Waals surface area contributed by atoms with Gasteiger partial charge in [-0.3, -0.25) is 0 Å². The van der Waals surface area contributed by atoms with Crippen molar-refractivity contribution in [3.05, 3.63) is 29.6 Å². The predicted octanol–water partition coefficient (Wildman–Crippen LogP) is 2.33. The fourth-order valence-electron chi connectivity index (χ4n) is 1.85. The maximum absolute atomic E-state index is 13.0. The van der Waals surface area contributed by atoms with Crippen molar-refractivity contribution in [3.63, 3.8) is 0 Å². The molecule has 0 radical (unpaired) electrons. The maximum atomic E-state index is 13.0. The Morgan fingerprint density at radius 3 is 2.71 bits per heavy atom. The van der Waals surface area contributed by atoms with Crippen molar-refractivity contribution in [2.45, 2.75) is 25.3 Å². The van der Waals surface area contributed by atoms with E-state index in [1.54, 1.807) is 12.1 Å². The number of para-hydroxylation sites is 1. The van der Waals surface area contributed by atoms with Crippen LogP contribution in [0.1, 0.15) is 30.9 Å². The van der Waals surface area contributed by atoms with Crippen LogP contribution in [0.25, 0.3) is 0 Å². The molecule has 0 saturated heterocycles. The van der Waals surface area contributed by atoms with Gasteiger partial charge >= 0.3 is 0 Å². The number of hydrogen-bond acceptors (Lipinski definition) is 2. The van der Waals surface area contributed by atoms with E-state index in [0.29, 0.717) is 11.5 Å². The first-order valence-electron chi connectivity index (χ1n) is 4.93. The third kappa shape index (κ3) is 1.48. The van der Waals surface area contributed by atoms with Crippen molar-refractivity contribution in [2.75, 3.05) is 0 Å². The largest absolute Gasteiger partial charge is 0.505 e. The highest BCUT2D eigenvalue weighted by Crippen LogP contribution is 2.39.